The van der Waals surface area contributed by atoms with Gasteiger partial charge in [-0.3, -0.25) is 29.3 Å². The van der Waals surface area contributed by atoms with Crippen LogP contribution in [0.2, 0.25) is 0 Å². The van der Waals surface area contributed by atoms with Gasteiger partial charge in [0.15, 0.2) is 6.10 Å². The van der Waals surface area contributed by atoms with Crippen LogP contribution in [0.1, 0.15) is 49.4 Å². The number of hydrogen-bond donors (Lipinski definition) is 1. The molecule has 29 heavy (non-hydrogen) atoms. The van der Waals surface area contributed by atoms with Crippen LogP contribution in [0.3, 0.4) is 0 Å². The summed E-state index contributed by atoms with van der Waals surface area (Å²) in [6, 6.07) is -0.571. The molecule has 2 aliphatic rings. The summed E-state index contributed by atoms with van der Waals surface area (Å²) in [6.07, 6.45) is -0.149. The first-order valence-corrected chi connectivity index (χ1v) is 9.05. The van der Waals surface area contributed by atoms with E-state index < -0.39 is 53.9 Å². The summed E-state index contributed by atoms with van der Waals surface area (Å²) in [7, 11) is 0. The zero-order valence-electron chi connectivity index (χ0n) is 16.2. The van der Waals surface area contributed by atoms with Crippen molar-refractivity contribution in [3.63, 3.8) is 0 Å². The Labute approximate surface area is 165 Å². The standard InChI is InChI=1S/C18H21N3O8/c1-8(22)27-6-11-4-13(17(29-10(3)24)16(11)28-9(2)23)21-7-19-15-12(21)5-14(25)20-18(15)26/h7,11,13,16-17H,4-6H2,1-3H3,(H,20,25,26). The van der Waals surface area contributed by atoms with E-state index in [0.717, 1.165) is 0 Å². The van der Waals surface area contributed by atoms with Gasteiger partial charge in [0.1, 0.15) is 11.8 Å². The average molecular weight is 407 g/mol. The number of nitrogens with one attached hydrogen (secondary N) is 1. The molecule has 11 heteroatoms. The molecular formula is C18H21N3O8. The molecule has 1 aliphatic carbocycles. The molecule has 1 fully saturated rings. The van der Waals surface area contributed by atoms with E-state index in [0.29, 0.717) is 12.1 Å². The number of imidazole rings is 1. The van der Waals surface area contributed by atoms with Crippen molar-refractivity contribution in [3.8, 4) is 0 Å². The summed E-state index contributed by atoms with van der Waals surface area (Å²) in [5.41, 5.74) is 0.495. The van der Waals surface area contributed by atoms with Crippen LogP contribution in [0.15, 0.2) is 6.33 Å². The van der Waals surface area contributed by atoms with Crippen molar-refractivity contribution in [3.05, 3.63) is 17.7 Å². The topological polar surface area (TPSA) is 143 Å². The maximum absolute atomic E-state index is 12.0. The Hall–Kier alpha value is -3.24. The van der Waals surface area contributed by atoms with Crippen molar-refractivity contribution in [1.29, 1.82) is 0 Å². The number of amides is 2. The Kier molecular flexibility index (Phi) is 5.66. The maximum Gasteiger partial charge on any atom is 0.303 e. The molecule has 2 heterocycles. The molecule has 4 atom stereocenters. The van der Waals surface area contributed by atoms with Gasteiger partial charge in [0.05, 0.1) is 31.1 Å². The minimum Gasteiger partial charge on any atom is -0.465 e. The van der Waals surface area contributed by atoms with E-state index in [9.17, 15) is 24.0 Å². The van der Waals surface area contributed by atoms with Gasteiger partial charge in [-0.15, -0.1) is 0 Å². The van der Waals surface area contributed by atoms with Gasteiger partial charge < -0.3 is 18.8 Å². The molecule has 0 spiro atoms. The molecule has 4 unspecified atom stereocenters. The second-order valence-electron chi connectivity index (χ2n) is 7.02. The lowest BCUT2D eigenvalue weighted by atomic mass is 10.1. The smallest absolute Gasteiger partial charge is 0.303 e. The largest absolute Gasteiger partial charge is 0.465 e. The Morgan fingerprint density at radius 1 is 1.10 bits per heavy atom. The number of fused-ring (bicyclic) bond motifs is 1. The normalized spacial score (nSPS) is 25.8. The highest BCUT2D eigenvalue weighted by atomic mass is 16.6. The molecule has 0 saturated heterocycles. The Morgan fingerprint density at radius 2 is 1.76 bits per heavy atom. The van der Waals surface area contributed by atoms with Crippen molar-refractivity contribution in [2.75, 3.05) is 6.61 Å². The van der Waals surface area contributed by atoms with E-state index in [1.165, 1.54) is 27.1 Å². The van der Waals surface area contributed by atoms with E-state index >= 15 is 0 Å². The number of carbonyl (C=O) groups excluding carboxylic acids is 5. The van der Waals surface area contributed by atoms with Gasteiger partial charge in [-0.25, -0.2) is 4.98 Å². The van der Waals surface area contributed by atoms with E-state index in [1.54, 1.807) is 4.57 Å². The lowest BCUT2D eigenvalue weighted by molar-refractivity contribution is -0.168. The second kappa shape index (κ2) is 8.02. The van der Waals surface area contributed by atoms with Crippen LogP contribution in [-0.4, -0.2) is 58.1 Å². The summed E-state index contributed by atoms with van der Waals surface area (Å²) in [6.45, 7) is 3.66. The molecule has 156 valence electrons. The molecule has 2 amide bonds. The predicted octanol–water partition coefficient (Wildman–Crippen LogP) is -0.317. The minimum absolute atomic E-state index is 0.0438. The number of esters is 3. The van der Waals surface area contributed by atoms with E-state index in [-0.39, 0.29) is 18.7 Å². The molecule has 1 saturated carbocycles. The van der Waals surface area contributed by atoms with Gasteiger partial charge in [-0.2, -0.15) is 0 Å². The van der Waals surface area contributed by atoms with Crippen LogP contribution in [0.5, 0.6) is 0 Å². The summed E-state index contributed by atoms with van der Waals surface area (Å²) in [5.74, 6) is -3.20. The molecular weight excluding hydrogens is 386 g/mol. The third-order valence-electron chi connectivity index (χ3n) is 4.87. The van der Waals surface area contributed by atoms with Crippen LogP contribution in [0.25, 0.3) is 0 Å². The summed E-state index contributed by atoms with van der Waals surface area (Å²) >= 11 is 0. The zero-order valence-corrected chi connectivity index (χ0v) is 16.2. The van der Waals surface area contributed by atoms with Crippen molar-refractivity contribution >= 4 is 29.7 Å². The molecule has 1 aromatic rings. The molecule has 3 rings (SSSR count). The van der Waals surface area contributed by atoms with Gasteiger partial charge in [-0.1, -0.05) is 0 Å². The lowest BCUT2D eigenvalue weighted by Crippen LogP contribution is -2.40. The molecule has 1 aliphatic heterocycles. The van der Waals surface area contributed by atoms with Crippen LogP contribution >= 0.6 is 0 Å². The number of nitrogens with zero attached hydrogens (tertiary/aromatic N) is 2. The molecule has 1 N–H and O–H groups in total. The van der Waals surface area contributed by atoms with E-state index in [1.807, 2.05) is 0 Å². The first-order chi connectivity index (χ1) is 13.7. The molecule has 0 bridgehead atoms. The quantitative estimate of drug-likeness (QED) is 0.395. The van der Waals surface area contributed by atoms with Crippen molar-refractivity contribution in [2.45, 2.75) is 51.9 Å². The number of aromatic nitrogens is 2. The molecule has 0 aromatic carbocycles. The zero-order chi connectivity index (χ0) is 21.3. The van der Waals surface area contributed by atoms with Crippen molar-refractivity contribution in [2.24, 2.45) is 5.92 Å². The van der Waals surface area contributed by atoms with Crippen LogP contribution in [0, 0.1) is 5.92 Å². The van der Waals surface area contributed by atoms with Crippen LogP contribution in [0.4, 0.5) is 0 Å². The summed E-state index contributed by atoms with van der Waals surface area (Å²) < 4.78 is 17.5. The molecule has 0 radical (unpaired) electrons. The minimum atomic E-state index is -0.907. The Balaban J connectivity index is 1.98. The lowest BCUT2D eigenvalue weighted by Gasteiger charge is -2.27. The maximum atomic E-state index is 12.0. The van der Waals surface area contributed by atoms with Crippen molar-refractivity contribution < 1.29 is 38.2 Å². The van der Waals surface area contributed by atoms with E-state index in [2.05, 4.69) is 10.3 Å². The second-order valence-corrected chi connectivity index (χ2v) is 7.02. The Morgan fingerprint density at radius 3 is 2.38 bits per heavy atom. The fourth-order valence-electron chi connectivity index (χ4n) is 3.84. The van der Waals surface area contributed by atoms with Crippen LogP contribution < -0.4 is 5.32 Å². The third-order valence-corrected chi connectivity index (χ3v) is 4.87. The van der Waals surface area contributed by atoms with Gasteiger partial charge in [0.25, 0.3) is 5.91 Å². The third kappa shape index (κ3) is 4.28. The van der Waals surface area contributed by atoms with Gasteiger partial charge in [-0.05, 0) is 6.42 Å². The van der Waals surface area contributed by atoms with E-state index in [4.69, 9.17) is 14.2 Å². The predicted molar refractivity (Wildman–Crippen MR) is 93.3 cm³/mol. The number of hydrogen-bond acceptors (Lipinski definition) is 9. The molecule has 11 nitrogen and oxygen atoms in total. The average Bonchev–Trinajstić information content (AvgIpc) is 3.15. The number of ether oxygens (including phenoxy) is 3. The fourth-order valence-corrected chi connectivity index (χ4v) is 3.84. The highest BCUT2D eigenvalue weighted by Gasteiger charge is 2.50. The van der Waals surface area contributed by atoms with Gasteiger partial charge >= 0.3 is 17.9 Å². The Bertz CT molecular complexity index is 876. The molecule has 1 aromatic heterocycles. The first-order valence-electron chi connectivity index (χ1n) is 9.05. The monoisotopic (exact) mass is 407 g/mol. The van der Waals surface area contributed by atoms with Crippen LogP contribution in [-0.2, 0) is 39.8 Å². The highest BCUT2D eigenvalue weighted by molar-refractivity contribution is 6.08. The van der Waals surface area contributed by atoms with Crippen molar-refractivity contribution in [1.82, 2.24) is 14.9 Å². The SMILES string of the molecule is CC(=O)OCC1CC(n2cnc3c2CC(=O)NC3=O)C(OC(C)=O)C1OC(C)=O. The first kappa shape index (κ1) is 20.5. The number of carbonyl (C=O) groups is 5. The number of imide groups is 1. The summed E-state index contributed by atoms with van der Waals surface area (Å²) in [5, 5.41) is 2.19. The fraction of sp³-hybridized carbons (Fsp3) is 0.556. The number of rotatable bonds is 5. The van der Waals surface area contributed by atoms with Gasteiger partial charge in [0, 0.05) is 26.7 Å². The summed E-state index contributed by atoms with van der Waals surface area (Å²) in [4.78, 5) is 62.5. The highest BCUT2D eigenvalue weighted by Crippen LogP contribution is 2.41. The van der Waals surface area contributed by atoms with Gasteiger partial charge in [0.2, 0.25) is 5.91 Å².